The SMILES string of the molecule is CCOC(=O)NC(C)(C)c1nc(C)cs1. The first-order valence-corrected chi connectivity index (χ1v) is 5.71. The summed E-state index contributed by atoms with van der Waals surface area (Å²) in [6.07, 6.45) is -0.407. The maximum atomic E-state index is 11.3. The number of thiazole rings is 1. The molecular formula is C10H16N2O2S. The molecule has 0 aromatic carbocycles. The molecule has 0 aliphatic rings. The third-order valence-corrected chi connectivity index (χ3v) is 3.13. The highest BCUT2D eigenvalue weighted by Gasteiger charge is 2.26. The smallest absolute Gasteiger partial charge is 0.407 e. The highest BCUT2D eigenvalue weighted by Crippen LogP contribution is 2.23. The molecule has 4 nitrogen and oxygen atoms in total. The number of hydrogen-bond acceptors (Lipinski definition) is 4. The molecule has 0 unspecified atom stereocenters. The van der Waals surface area contributed by atoms with Crippen LogP contribution in [0, 0.1) is 6.92 Å². The van der Waals surface area contributed by atoms with Crippen LogP contribution in [0.15, 0.2) is 5.38 Å². The van der Waals surface area contributed by atoms with E-state index in [4.69, 9.17) is 4.74 Å². The van der Waals surface area contributed by atoms with Crippen LogP contribution in [0.2, 0.25) is 0 Å². The molecule has 5 heteroatoms. The first kappa shape index (κ1) is 12.0. The van der Waals surface area contributed by atoms with Crippen molar-refractivity contribution < 1.29 is 9.53 Å². The summed E-state index contributed by atoms with van der Waals surface area (Å²) in [4.78, 5) is 15.6. The Labute approximate surface area is 93.7 Å². The van der Waals surface area contributed by atoms with E-state index in [1.807, 2.05) is 26.2 Å². The van der Waals surface area contributed by atoms with Crippen molar-refractivity contribution >= 4 is 17.4 Å². The van der Waals surface area contributed by atoms with Crippen LogP contribution in [0.4, 0.5) is 4.79 Å². The van der Waals surface area contributed by atoms with Gasteiger partial charge in [-0.1, -0.05) is 0 Å². The highest BCUT2D eigenvalue weighted by molar-refractivity contribution is 7.09. The number of hydrogen-bond donors (Lipinski definition) is 1. The molecule has 84 valence electrons. The Morgan fingerprint density at radius 3 is 2.80 bits per heavy atom. The van der Waals surface area contributed by atoms with Gasteiger partial charge in [0.15, 0.2) is 0 Å². The Morgan fingerprint density at radius 2 is 2.33 bits per heavy atom. The second kappa shape index (κ2) is 4.61. The third kappa shape index (κ3) is 3.20. The highest BCUT2D eigenvalue weighted by atomic mass is 32.1. The summed E-state index contributed by atoms with van der Waals surface area (Å²) in [5.41, 5.74) is 0.485. The number of amides is 1. The first-order valence-electron chi connectivity index (χ1n) is 4.83. The average Bonchev–Trinajstić information content (AvgIpc) is 2.51. The van der Waals surface area contributed by atoms with Crippen LogP contribution in [0.3, 0.4) is 0 Å². The second-order valence-electron chi connectivity index (χ2n) is 3.76. The Morgan fingerprint density at radius 1 is 1.67 bits per heavy atom. The summed E-state index contributed by atoms with van der Waals surface area (Å²) >= 11 is 1.54. The van der Waals surface area contributed by atoms with Crippen molar-refractivity contribution in [2.75, 3.05) is 6.61 Å². The van der Waals surface area contributed by atoms with Gasteiger partial charge >= 0.3 is 6.09 Å². The lowest BCUT2D eigenvalue weighted by Gasteiger charge is -2.23. The van der Waals surface area contributed by atoms with E-state index in [9.17, 15) is 4.79 Å². The van der Waals surface area contributed by atoms with E-state index in [-0.39, 0.29) is 0 Å². The fraction of sp³-hybridized carbons (Fsp3) is 0.600. The molecule has 0 saturated carbocycles. The van der Waals surface area contributed by atoms with E-state index in [1.165, 1.54) is 11.3 Å². The van der Waals surface area contributed by atoms with E-state index in [1.54, 1.807) is 6.92 Å². The van der Waals surface area contributed by atoms with E-state index in [0.29, 0.717) is 6.61 Å². The Kier molecular flexibility index (Phi) is 3.68. The largest absolute Gasteiger partial charge is 0.450 e. The van der Waals surface area contributed by atoms with Gasteiger partial charge in [0.1, 0.15) is 5.01 Å². The molecule has 1 aromatic heterocycles. The van der Waals surface area contributed by atoms with Crippen molar-refractivity contribution in [3.05, 3.63) is 16.1 Å². The zero-order chi connectivity index (χ0) is 11.5. The molecule has 0 aliphatic heterocycles. The molecule has 0 saturated heterocycles. The number of rotatable bonds is 3. The Balaban J connectivity index is 2.70. The van der Waals surface area contributed by atoms with Crippen LogP contribution >= 0.6 is 11.3 Å². The minimum atomic E-state index is -0.481. The second-order valence-corrected chi connectivity index (χ2v) is 4.62. The van der Waals surface area contributed by atoms with Crippen LogP contribution in [-0.4, -0.2) is 17.7 Å². The molecule has 1 amide bonds. The molecule has 1 heterocycles. The molecule has 1 N–H and O–H groups in total. The standard InChI is InChI=1S/C10H16N2O2S/c1-5-14-9(13)12-10(3,4)8-11-7(2)6-15-8/h6H,5H2,1-4H3,(H,12,13). The zero-order valence-electron chi connectivity index (χ0n) is 9.46. The fourth-order valence-corrected chi connectivity index (χ4v) is 1.99. The minimum absolute atomic E-state index is 0.374. The molecule has 0 atom stereocenters. The number of nitrogens with zero attached hydrogens (tertiary/aromatic N) is 1. The number of nitrogens with one attached hydrogen (secondary N) is 1. The number of aromatic nitrogens is 1. The number of alkyl carbamates (subject to hydrolysis) is 1. The van der Waals surface area contributed by atoms with Crippen LogP contribution < -0.4 is 5.32 Å². The van der Waals surface area contributed by atoms with Crippen LogP contribution in [-0.2, 0) is 10.3 Å². The number of ether oxygens (including phenoxy) is 1. The Bertz CT molecular complexity index is 347. The molecule has 1 aromatic rings. The topological polar surface area (TPSA) is 51.2 Å². The molecule has 0 radical (unpaired) electrons. The minimum Gasteiger partial charge on any atom is -0.450 e. The van der Waals surface area contributed by atoms with Crippen molar-refractivity contribution in [1.82, 2.24) is 10.3 Å². The van der Waals surface area contributed by atoms with Crippen molar-refractivity contribution in [2.24, 2.45) is 0 Å². The zero-order valence-corrected chi connectivity index (χ0v) is 10.3. The number of carbonyl (C=O) groups excluding carboxylic acids is 1. The van der Waals surface area contributed by atoms with Crippen LogP contribution in [0.5, 0.6) is 0 Å². The maximum Gasteiger partial charge on any atom is 0.407 e. The molecule has 0 spiro atoms. The van der Waals surface area contributed by atoms with Gasteiger partial charge in [-0.2, -0.15) is 0 Å². The van der Waals surface area contributed by atoms with Gasteiger partial charge in [0.2, 0.25) is 0 Å². The lowest BCUT2D eigenvalue weighted by molar-refractivity contribution is 0.141. The molecule has 0 fully saturated rings. The van der Waals surface area contributed by atoms with E-state index < -0.39 is 11.6 Å². The van der Waals surface area contributed by atoms with Gasteiger partial charge in [-0.15, -0.1) is 11.3 Å². The van der Waals surface area contributed by atoms with Crippen molar-refractivity contribution in [3.63, 3.8) is 0 Å². The molecular weight excluding hydrogens is 212 g/mol. The average molecular weight is 228 g/mol. The third-order valence-electron chi connectivity index (χ3n) is 1.84. The molecule has 1 rings (SSSR count). The summed E-state index contributed by atoms with van der Waals surface area (Å²) in [7, 11) is 0. The van der Waals surface area contributed by atoms with Crippen molar-refractivity contribution in [3.8, 4) is 0 Å². The maximum absolute atomic E-state index is 11.3. The first-order chi connectivity index (χ1) is 6.95. The van der Waals surface area contributed by atoms with Gasteiger partial charge in [-0.05, 0) is 27.7 Å². The molecule has 0 bridgehead atoms. The predicted octanol–water partition coefficient (Wildman–Crippen LogP) is 2.43. The van der Waals surface area contributed by atoms with Gasteiger partial charge in [-0.3, -0.25) is 0 Å². The number of carbonyl (C=O) groups is 1. The summed E-state index contributed by atoms with van der Waals surface area (Å²) in [6, 6.07) is 0. The molecule has 0 aliphatic carbocycles. The van der Waals surface area contributed by atoms with Gasteiger partial charge in [-0.25, -0.2) is 9.78 Å². The summed E-state index contributed by atoms with van der Waals surface area (Å²) in [5.74, 6) is 0. The quantitative estimate of drug-likeness (QED) is 0.864. The summed E-state index contributed by atoms with van der Waals surface area (Å²) in [6.45, 7) is 7.89. The van der Waals surface area contributed by atoms with Gasteiger partial charge in [0.05, 0.1) is 12.1 Å². The van der Waals surface area contributed by atoms with E-state index >= 15 is 0 Å². The summed E-state index contributed by atoms with van der Waals surface area (Å²) < 4.78 is 4.83. The predicted molar refractivity (Wildman–Crippen MR) is 60.0 cm³/mol. The molecule has 15 heavy (non-hydrogen) atoms. The lowest BCUT2D eigenvalue weighted by atomic mass is 10.1. The van der Waals surface area contributed by atoms with Gasteiger partial charge in [0, 0.05) is 11.1 Å². The van der Waals surface area contributed by atoms with E-state index in [2.05, 4.69) is 10.3 Å². The van der Waals surface area contributed by atoms with Crippen LogP contribution in [0.1, 0.15) is 31.5 Å². The summed E-state index contributed by atoms with van der Waals surface area (Å²) in [5, 5.41) is 5.62. The normalized spacial score (nSPS) is 11.2. The monoisotopic (exact) mass is 228 g/mol. The lowest BCUT2D eigenvalue weighted by Crippen LogP contribution is -2.41. The Hall–Kier alpha value is -1.10. The fourth-order valence-electron chi connectivity index (χ4n) is 1.12. The van der Waals surface area contributed by atoms with Crippen molar-refractivity contribution in [1.29, 1.82) is 0 Å². The van der Waals surface area contributed by atoms with Crippen LogP contribution in [0.25, 0.3) is 0 Å². The van der Waals surface area contributed by atoms with E-state index in [0.717, 1.165) is 10.7 Å². The van der Waals surface area contributed by atoms with Crippen molar-refractivity contribution in [2.45, 2.75) is 33.2 Å². The van der Waals surface area contributed by atoms with Gasteiger partial charge in [0.25, 0.3) is 0 Å². The van der Waals surface area contributed by atoms with Gasteiger partial charge < -0.3 is 10.1 Å². The number of aryl methyl sites for hydroxylation is 1.